The predicted molar refractivity (Wildman–Crippen MR) is 83.9 cm³/mol. The molecule has 2 aromatic carbocycles. The van der Waals surface area contributed by atoms with Gasteiger partial charge in [-0.3, -0.25) is 4.79 Å². The molecule has 0 fully saturated rings. The van der Waals surface area contributed by atoms with E-state index in [9.17, 15) is 4.79 Å². The summed E-state index contributed by atoms with van der Waals surface area (Å²) >= 11 is 3.37. The first kappa shape index (κ1) is 13.3. The van der Waals surface area contributed by atoms with E-state index >= 15 is 0 Å². The maximum Gasteiger partial charge on any atom is 0.255 e. The highest BCUT2D eigenvalue weighted by Crippen LogP contribution is 2.23. The summed E-state index contributed by atoms with van der Waals surface area (Å²) in [5, 5.41) is 6.36. The van der Waals surface area contributed by atoms with Gasteiger partial charge in [-0.15, -0.1) is 0 Å². The van der Waals surface area contributed by atoms with Crippen LogP contribution < -0.4 is 10.6 Å². The number of rotatable bonds is 2. The standard InChI is InChI=1S/C16H15BrN2O/c17-13-6-4-12(5-7-13)16(20)19-15-3-1-2-11-8-9-18-10-14(11)15/h1-7,18H,8-10H2,(H,19,20). The Bertz CT molecular complexity index is 637. The summed E-state index contributed by atoms with van der Waals surface area (Å²) in [4.78, 5) is 12.3. The van der Waals surface area contributed by atoms with E-state index in [-0.39, 0.29) is 5.91 Å². The zero-order valence-corrected chi connectivity index (χ0v) is 12.5. The molecule has 2 N–H and O–H groups in total. The number of fused-ring (bicyclic) bond motifs is 1. The molecular weight excluding hydrogens is 316 g/mol. The largest absolute Gasteiger partial charge is 0.322 e. The number of halogens is 1. The molecule has 1 aliphatic heterocycles. The van der Waals surface area contributed by atoms with E-state index in [1.54, 1.807) is 0 Å². The fraction of sp³-hybridized carbons (Fsp3) is 0.188. The molecule has 0 unspecified atom stereocenters. The molecule has 4 heteroatoms. The Kier molecular flexibility index (Phi) is 3.85. The molecule has 3 rings (SSSR count). The summed E-state index contributed by atoms with van der Waals surface area (Å²) in [6.45, 7) is 1.81. The van der Waals surface area contributed by atoms with Crippen molar-refractivity contribution in [3.63, 3.8) is 0 Å². The minimum Gasteiger partial charge on any atom is -0.322 e. The van der Waals surface area contributed by atoms with Gasteiger partial charge in [0.1, 0.15) is 0 Å². The Balaban J connectivity index is 1.84. The van der Waals surface area contributed by atoms with Crippen LogP contribution in [0.4, 0.5) is 5.69 Å². The Hall–Kier alpha value is -1.65. The number of carbonyl (C=O) groups excluding carboxylic acids is 1. The van der Waals surface area contributed by atoms with Gasteiger partial charge in [0.15, 0.2) is 0 Å². The van der Waals surface area contributed by atoms with Gasteiger partial charge in [-0.25, -0.2) is 0 Å². The minimum atomic E-state index is -0.0727. The Labute approximate surface area is 126 Å². The van der Waals surface area contributed by atoms with Crippen molar-refractivity contribution in [3.05, 3.63) is 63.6 Å². The first-order valence-corrected chi connectivity index (χ1v) is 7.42. The average Bonchev–Trinajstić information content (AvgIpc) is 2.48. The molecule has 2 aromatic rings. The van der Waals surface area contributed by atoms with E-state index in [2.05, 4.69) is 32.6 Å². The van der Waals surface area contributed by atoms with Gasteiger partial charge in [0, 0.05) is 22.3 Å². The van der Waals surface area contributed by atoms with Crippen molar-refractivity contribution in [2.45, 2.75) is 13.0 Å². The van der Waals surface area contributed by atoms with Crippen LogP contribution in [-0.4, -0.2) is 12.5 Å². The average molecular weight is 331 g/mol. The molecule has 102 valence electrons. The summed E-state index contributed by atoms with van der Waals surface area (Å²) in [5.41, 5.74) is 4.08. The monoisotopic (exact) mass is 330 g/mol. The van der Waals surface area contributed by atoms with E-state index in [1.165, 1.54) is 11.1 Å². The molecule has 0 bridgehead atoms. The van der Waals surface area contributed by atoms with Gasteiger partial charge in [0.05, 0.1) is 0 Å². The van der Waals surface area contributed by atoms with Crippen LogP contribution in [0.15, 0.2) is 46.9 Å². The summed E-state index contributed by atoms with van der Waals surface area (Å²) in [6.07, 6.45) is 1.01. The van der Waals surface area contributed by atoms with Gasteiger partial charge in [0.2, 0.25) is 0 Å². The topological polar surface area (TPSA) is 41.1 Å². The van der Waals surface area contributed by atoms with E-state index < -0.39 is 0 Å². The molecule has 0 saturated heterocycles. The van der Waals surface area contributed by atoms with Crippen LogP contribution in [0.5, 0.6) is 0 Å². The molecule has 0 spiro atoms. The second kappa shape index (κ2) is 5.77. The van der Waals surface area contributed by atoms with Crippen molar-refractivity contribution in [3.8, 4) is 0 Å². The lowest BCUT2D eigenvalue weighted by Gasteiger charge is -2.20. The minimum absolute atomic E-state index is 0.0727. The third kappa shape index (κ3) is 2.76. The van der Waals surface area contributed by atoms with Crippen LogP contribution in [0.25, 0.3) is 0 Å². The van der Waals surface area contributed by atoms with Gasteiger partial charge in [-0.1, -0.05) is 28.1 Å². The van der Waals surface area contributed by atoms with Crippen LogP contribution in [0.2, 0.25) is 0 Å². The lowest BCUT2D eigenvalue weighted by molar-refractivity contribution is 0.102. The third-order valence-electron chi connectivity index (χ3n) is 3.50. The molecule has 0 atom stereocenters. The number of hydrogen-bond donors (Lipinski definition) is 2. The number of carbonyl (C=O) groups is 1. The van der Waals surface area contributed by atoms with Crippen molar-refractivity contribution >= 4 is 27.5 Å². The van der Waals surface area contributed by atoms with Gasteiger partial charge >= 0.3 is 0 Å². The predicted octanol–water partition coefficient (Wildman–Crippen LogP) is 3.35. The molecule has 20 heavy (non-hydrogen) atoms. The van der Waals surface area contributed by atoms with Crippen LogP contribution >= 0.6 is 15.9 Å². The van der Waals surface area contributed by atoms with Gasteiger partial charge in [-0.05, 0) is 54.4 Å². The van der Waals surface area contributed by atoms with E-state index in [4.69, 9.17) is 0 Å². The first-order chi connectivity index (χ1) is 9.74. The summed E-state index contributed by atoms with van der Waals surface area (Å²) in [6, 6.07) is 13.5. The first-order valence-electron chi connectivity index (χ1n) is 6.62. The van der Waals surface area contributed by atoms with Crippen molar-refractivity contribution in [1.29, 1.82) is 0 Å². The molecule has 0 radical (unpaired) electrons. The second-order valence-corrected chi connectivity index (χ2v) is 5.75. The zero-order valence-electron chi connectivity index (χ0n) is 10.9. The van der Waals surface area contributed by atoms with Gasteiger partial charge in [-0.2, -0.15) is 0 Å². The SMILES string of the molecule is O=C(Nc1cccc2c1CNCC2)c1ccc(Br)cc1. The molecule has 0 aromatic heterocycles. The number of amides is 1. The maximum atomic E-state index is 12.3. The Morgan fingerprint density at radius 3 is 2.75 bits per heavy atom. The number of nitrogens with one attached hydrogen (secondary N) is 2. The van der Waals surface area contributed by atoms with Crippen LogP contribution in [0, 0.1) is 0 Å². The van der Waals surface area contributed by atoms with Crippen LogP contribution in [-0.2, 0) is 13.0 Å². The molecule has 3 nitrogen and oxygen atoms in total. The Morgan fingerprint density at radius 2 is 1.95 bits per heavy atom. The lowest BCUT2D eigenvalue weighted by Crippen LogP contribution is -2.25. The quantitative estimate of drug-likeness (QED) is 0.886. The number of hydrogen-bond acceptors (Lipinski definition) is 2. The molecule has 1 aliphatic rings. The fourth-order valence-corrected chi connectivity index (χ4v) is 2.69. The van der Waals surface area contributed by atoms with E-state index in [0.717, 1.165) is 29.7 Å². The number of benzene rings is 2. The molecule has 0 aliphatic carbocycles. The summed E-state index contributed by atoms with van der Waals surface area (Å²) < 4.78 is 0.968. The normalized spacial score (nSPS) is 13.7. The van der Waals surface area contributed by atoms with E-state index in [0.29, 0.717) is 5.56 Å². The van der Waals surface area contributed by atoms with Crippen molar-refractivity contribution in [2.24, 2.45) is 0 Å². The van der Waals surface area contributed by atoms with Crippen molar-refractivity contribution in [1.82, 2.24) is 5.32 Å². The highest BCUT2D eigenvalue weighted by Gasteiger charge is 2.14. The molecular formula is C16H15BrN2O. The smallest absolute Gasteiger partial charge is 0.255 e. The summed E-state index contributed by atoms with van der Waals surface area (Å²) in [7, 11) is 0. The number of anilines is 1. The third-order valence-corrected chi connectivity index (χ3v) is 4.03. The highest BCUT2D eigenvalue weighted by molar-refractivity contribution is 9.10. The maximum absolute atomic E-state index is 12.3. The Morgan fingerprint density at radius 1 is 1.15 bits per heavy atom. The van der Waals surface area contributed by atoms with Crippen molar-refractivity contribution in [2.75, 3.05) is 11.9 Å². The van der Waals surface area contributed by atoms with Gasteiger partial charge in [0.25, 0.3) is 5.91 Å². The van der Waals surface area contributed by atoms with Crippen LogP contribution in [0.3, 0.4) is 0 Å². The summed E-state index contributed by atoms with van der Waals surface area (Å²) in [5.74, 6) is -0.0727. The second-order valence-electron chi connectivity index (χ2n) is 4.83. The molecule has 0 saturated carbocycles. The van der Waals surface area contributed by atoms with Crippen molar-refractivity contribution < 1.29 is 4.79 Å². The fourth-order valence-electron chi connectivity index (χ4n) is 2.43. The molecule has 1 amide bonds. The van der Waals surface area contributed by atoms with Crippen LogP contribution in [0.1, 0.15) is 21.5 Å². The lowest BCUT2D eigenvalue weighted by atomic mass is 9.99. The highest BCUT2D eigenvalue weighted by atomic mass is 79.9. The zero-order chi connectivity index (χ0) is 13.9. The van der Waals surface area contributed by atoms with E-state index in [1.807, 2.05) is 36.4 Å². The molecule has 1 heterocycles. The van der Waals surface area contributed by atoms with Gasteiger partial charge < -0.3 is 10.6 Å².